The van der Waals surface area contributed by atoms with Gasteiger partial charge in [-0.05, 0) is 61.9 Å². The van der Waals surface area contributed by atoms with E-state index < -0.39 is 23.0 Å². The summed E-state index contributed by atoms with van der Waals surface area (Å²) < 4.78 is 12.0. The summed E-state index contributed by atoms with van der Waals surface area (Å²) in [5.41, 5.74) is 2.82. The Morgan fingerprint density at radius 3 is 2.47 bits per heavy atom. The van der Waals surface area contributed by atoms with Gasteiger partial charge in [0, 0.05) is 34.7 Å². The monoisotopic (exact) mass is 494 g/mol. The highest BCUT2D eigenvalue weighted by molar-refractivity contribution is 5.91. The molecule has 1 spiro atoms. The van der Waals surface area contributed by atoms with Gasteiger partial charge in [-0.25, -0.2) is 4.79 Å². The number of carbonyl (C=O) groups is 2. The first kappa shape index (κ1) is 23.2. The van der Waals surface area contributed by atoms with Gasteiger partial charge in [0.1, 0.15) is 12.2 Å². The molecule has 6 nitrogen and oxygen atoms in total. The molecule has 36 heavy (non-hydrogen) atoms. The summed E-state index contributed by atoms with van der Waals surface area (Å²) in [5, 5.41) is 21.6. The minimum absolute atomic E-state index is 0.0213. The highest BCUT2D eigenvalue weighted by atomic mass is 16.6. The number of carbonyl (C=O) groups excluding carboxylic acids is 2. The first-order valence-corrected chi connectivity index (χ1v) is 13.8. The fourth-order valence-corrected chi connectivity index (χ4v) is 10.5. The number of aliphatic hydroxyl groups excluding tert-OH is 2. The van der Waals surface area contributed by atoms with Gasteiger partial charge in [-0.2, -0.15) is 0 Å². The van der Waals surface area contributed by atoms with Gasteiger partial charge in [0.15, 0.2) is 0 Å². The average Bonchev–Trinajstić information content (AvgIpc) is 3.41. The van der Waals surface area contributed by atoms with Crippen LogP contribution in [0, 0.1) is 45.8 Å². The van der Waals surface area contributed by atoms with Crippen LogP contribution in [0.25, 0.3) is 0 Å². The second-order valence-electron chi connectivity index (χ2n) is 13.6. The Balaban J connectivity index is 1.30. The number of hydrogen-bond acceptors (Lipinski definition) is 6. The van der Waals surface area contributed by atoms with Crippen LogP contribution < -0.4 is 0 Å². The van der Waals surface area contributed by atoms with E-state index in [1.807, 2.05) is 0 Å². The molecule has 7 aliphatic rings. The van der Waals surface area contributed by atoms with E-state index >= 15 is 0 Å². The lowest BCUT2D eigenvalue weighted by Gasteiger charge is -2.56. The van der Waals surface area contributed by atoms with Gasteiger partial charge >= 0.3 is 11.9 Å². The molecular formula is C30H38O6. The fourth-order valence-electron chi connectivity index (χ4n) is 10.5. The predicted octanol–water partition coefficient (Wildman–Crippen LogP) is 3.87. The molecule has 0 radical (unpaired) electrons. The number of ether oxygens (including phenoxy) is 2. The zero-order valence-corrected chi connectivity index (χ0v) is 21.6. The lowest BCUT2D eigenvalue weighted by molar-refractivity contribution is -0.154. The van der Waals surface area contributed by atoms with Crippen LogP contribution in [0.4, 0.5) is 0 Å². The van der Waals surface area contributed by atoms with Crippen molar-refractivity contribution in [2.45, 2.75) is 90.1 Å². The highest BCUT2D eigenvalue weighted by Gasteiger charge is 2.76. The molecule has 0 aromatic carbocycles. The van der Waals surface area contributed by atoms with E-state index in [1.165, 1.54) is 11.1 Å². The molecule has 5 aliphatic carbocycles. The lowest BCUT2D eigenvalue weighted by Crippen LogP contribution is -2.57. The molecule has 2 saturated heterocycles. The Morgan fingerprint density at radius 2 is 1.72 bits per heavy atom. The van der Waals surface area contributed by atoms with Gasteiger partial charge in [-0.15, -0.1) is 0 Å². The Hall–Kier alpha value is -1.92. The second-order valence-corrected chi connectivity index (χ2v) is 13.6. The van der Waals surface area contributed by atoms with E-state index in [-0.39, 0.29) is 47.3 Å². The third-order valence-electron chi connectivity index (χ3n) is 12.3. The van der Waals surface area contributed by atoms with E-state index in [2.05, 4.69) is 33.9 Å². The second kappa shape index (κ2) is 6.93. The highest BCUT2D eigenvalue weighted by Crippen LogP contribution is 2.76. The average molecular weight is 495 g/mol. The van der Waals surface area contributed by atoms with Gasteiger partial charge in [-0.3, -0.25) is 4.79 Å². The molecule has 0 aromatic heterocycles. The molecule has 0 unspecified atom stereocenters. The van der Waals surface area contributed by atoms with Gasteiger partial charge < -0.3 is 19.7 Å². The zero-order chi connectivity index (χ0) is 25.5. The lowest BCUT2D eigenvalue weighted by atomic mass is 9.47. The Labute approximate surface area is 212 Å². The first-order chi connectivity index (χ1) is 16.9. The van der Waals surface area contributed by atoms with Crippen LogP contribution >= 0.6 is 0 Å². The van der Waals surface area contributed by atoms with Crippen molar-refractivity contribution in [2.75, 3.05) is 0 Å². The summed E-state index contributed by atoms with van der Waals surface area (Å²) in [5.74, 6) is 0.259. The summed E-state index contributed by atoms with van der Waals surface area (Å²) in [4.78, 5) is 26.4. The third kappa shape index (κ3) is 2.47. The van der Waals surface area contributed by atoms with Crippen molar-refractivity contribution < 1.29 is 29.3 Å². The number of rotatable bonds is 0. The summed E-state index contributed by atoms with van der Waals surface area (Å²) in [7, 11) is 0. The Kier molecular flexibility index (Phi) is 4.47. The van der Waals surface area contributed by atoms with Gasteiger partial charge in [0.05, 0.1) is 17.6 Å². The normalized spacial score (nSPS) is 55.2. The molecule has 2 heterocycles. The van der Waals surface area contributed by atoms with Crippen LogP contribution in [0.2, 0.25) is 0 Å². The molecular weight excluding hydrogens is 456 g/mol. The molecule has 0 aromatic rings. The Morgan fingerprint density at radius 1 is 0.972 bits per heavy atom. The van der Waals surface area contributed by atoms with E-state index in [0.29, 0.717) is 36.7 Å². The van der Waals surface area contributed by atoms with Crippen LogP contribution in [0.3, 0.4) is 0 Å². The maximum Gasteiger partial charge on any atom is 0.334 e. The molecule has 7 rings (SSSR count). The van der Waals surface area contributed by atoms with Crippen LogP contribution in [-0.4, -0.2) is 46.6 Å². The molecule has 2 N–H and O–H groups in total. The SMILES string of the molecule is C=C1C(=O)O[C@H]2C[C@@H](C)C3=C(C[C@H]12)[C@]1(C)C[C@H]3C[C@@]12C(=O)O[C@@H]1C[C@@]3(C)[C@@H](O)C[C@@H](O)C(=C)[C@@H]3C[C@@H]12. The number of hydrogen-bond donors (Lipinski definition) is 2. The molecule has 12 atom stereocenters. The molecule has 3 saturated carbocycles. The van der Waals surface area contributed by atoms with Crippen LogP contribution in [0.5, 0.6) is 0 Å². The third-order valence-corrected chi connectivity index (χ3v) is 12.3. The number of fused-ring (bicyclic) bond motifs is 9. The van der Waals surface area contributed by atoms with Crippen LogP contribution in [0.1, 0.15) is 65.7 Å². The van der Waals surface area contributed by atoms with Crippen LogP contribution in [0.15, 0.2) is 35.5 Å². The minimum atomic E-state index is -0.709. The first-order valence-electron chi connectivity index (χ1n) is 13.8. The summed E-state index contributed by atoms with van der Waals surface area (Å²) in [6.45, 7) is 14.9. The predicted molar refractivity (Wildman–Crippen MR) is 131 cm³/mol. The van der Waals surface area contributed by atoms with Crippen molar-refractivity contribution in [3.8, 4) is 0 Å². The van der Waals surface area contributed by atoms with Crippen molar-refractivity contribution in [3.63, 3.8) is 0 Å². The molecule has 0 amide bonds. The molecule has 5 fully saturated rings. The van der Waals surface area contributed by atoms with E-state index in [4.69, 9.17) is 9.47 Å². The topological polar surface area (TPSA) is 93.1 Å². The number of esters is 2. The van der Waals surface area contributed by atoms with Crippen molar-refractivity contribution >= 4 is 11.9 Å². The maximum atomic E-state index is 14.0. The summed E-state index contributed by atoms with van der Waals surface area (Å²) in [6.07, 6.45) is 3.22. The zero-order valence-electron chi connectivity index (χ0n) is 21.6. The van der Waals surface area contributed by atoms with Crippen molar-refractivity contribution in [1.82, 2.24) is 0 Å². The summed E-state index contributed by atoms with van der Waals surface area (Å²) >= 11 is 0. The van der Waals surface area contributed by atoms with E-state index in [9.17, 15) is 19.8 Å². The standard InChI is InChI=1S/C30H38O6/c1-13-6-22-17(14(2)26(33)35-22)7-20-25(13)16-10-29(20,5)30(11-16)19-8-18-15(3)21(31)9-24(32)28(18,4)12-23(19)36-27(30)34/h13,16-19,21-24,31-32H,2-3,6-12H2,1,4-5H3/t13-,16+,17-,18+,19+,21-,22+,23-,24+,28-,29+,30-/m1/s1. The summed E-state index contributed by atoms with van der Waals surface area (Å²) in [6, 6.07) is 0. The van der Waals surface area contributed by atoms with Gasteiger partial charge in [0.2, 0.25) is 0 Å². The number of aliphatic hydroxyl groups is 2. The van der Waals surface area contributed by atoms with Crippen LogP contribution in [-0.2, 0) is 19.1 Å². The van der Waals surface area contributed by atoms with E-state index in [0.717, 1.165) is 31.3 Å². The molecule has 2 bridgehead atoms. The Bertz CT molecular complexity index is 1150. The molecule has 6 heteroatoms. The van der Waals surface area contributed by atoms with Gasteiger partial charge in [0.25, 0.3) is 0 Å². The van der Waals surface area contributed by atoms with Gasteiger partial charge in [-0.1, -0.05) is 45.1 Å². The fraction of sp³-hybridized carbons (Fsp3) is 0.733. The van der Waals surface area contributed by atoms with Crippen molar-refractivity contribution in [2.24, 2.45) is 45.8 Å². The quantitative estimate of drug-likeness (QED) is 0.302. The number of allylic oxidation sites excluding steroid dienone is 2. The van der Waals surface area contributed by atoms with E-state index in [1.54, 1.807) is 0 Å². The molecule has 2 aliphatic heterocycles. The maximum absolute atomic E-state index is 14.0. The molecule has 194 valence electrons. The smallest absolute Gasteiger partial charge is 0.334 e. The van der Waals surface area contributed by atoms with Crippen molar-refractivity contribution in [1.29, 1.82) is 0 Å². The van der Waals surface area contributed by atoms with Crippen molar-refractivity contribution in [3.05, 3.63) is 35.5 Å². The largest absolute Gasteiger partial charge is 0.462 e. The minimum Gasteiger partial charge on any atom is -0.462 e.